The van der Waals surface area contributed by atoms with Gasteiger partial charge in [0.25, 0.3) is 0 Å². The number of ether oxygens (including phenoxy) is 2. The summed E-state index contributed by atoms with van der Waals surface area (Å²) in [6.07, 6.45) is 0.0940. The first-order chi connectivity index (χ1) is 20.4. The molecule has 7 heteroatoms. The zero-order valence-electron chi connectivity index (χ0n) is 23.9. The van der Waals surface area contributed by atoms with Gasteiger partial charge in [0.1, 0.15) is 12.4 Å². The molecule has 0 radical (unpaired) electrons. The minimum atomic E-state index is -0.761. The van der Waals surface area contributed by atoms with Crippen molar-refractivity contribution in [3.8, 4) is 5.75 Å². The Morgan fingerprint density at radius 1 is 0.667 bits per heavy atom. The maximum Gasteiger partial charge on any atom is 0.119 e. The standard InChI is InChI=1S/C35H39Cl2NO4/c1-26(21-28-13-15-33(16-14-28)42-20-19-41-18-17-27-7-3-2-4-8-27)38(24-34(39)29-9-5-11-31(36)22-29)25-35(40)30-10-6-12-32(37)23-30/h2-16,22-23,26,34-35,39-40H,17-21,24-25H2,1H3/t26-,34+,35+/m1/s1. The van der Waals surface area contributed by atoms with Crippen molar-refractivity contribution >= 4 is 23.2 Å². The van der Waals surface area contributed by atoms with Crippen molar-refractivity contribution in [2.75, 3.05) is 32.9 Å². The van der Waals surface area contributed by atoms with Gasteiger partial charge in [0.15, 0.2) is 0 Å². The number of halogens is 2. The normalized spacial score (nSPS) is 13.6. The SMILES string of the molecule is C[C@H](Cc1ccc(OCCOCCc2ccccc2)cc1)N(C[C@H](O)c1cccc(Cl)c1)C[C@H](O)c1cccc(Cl)c1. The minimum Gasteiger partial charge on any atom is -0.491 e. The molecule has 4 aromatic carbocycles. The van der Waals surface area contributed by atoms with Crippen LogP contribution in [0.2, 0.25) is 10.0 Å². The van der Waals surface area contributed by atoms with E-state index in [0.29, 0.717) is 43.0 Å². The zero-order chi connectivity index (χ0) is 29.7. The first-order valence-corrected chi connectivity index (χ1v) is 15.1. The van der Waals surface area contributed by atoms with Crippen LogP contribution in [0.5, 0.6) is 5.75 Å². The van der Waals surface area contributed by atoms with Gasteiger partial charge < -0.3 is 19.7 Å². The molecular weight excluding hydrogens is 569 g/mol. The Balaban J connectivity index is 1.31. The molecule has 3 atom stereocenters. The lowest BCUT2D eigenvalue weighted by Crippen LogP contribution is -2.40. The summed E-state index contributed by atoms with van der Waals surface area (Å²) in [5.41, 5.74) is 3.87. The van der Waals surface area contributed by atoms with Crippen LogP contribution in [0.1, 0.15) is 41.4 Å². The molecule has 0 aromatic heterocycles. The first kappa shape index (κ1) is 32.0. The third-order valence-corrected chi connectivity index (χ3v) is 7.70. The van der Waals surface area contributed by atoms with Crippen LogP contribution < -0.4 is 4.74 Å². The second-order valence-corrected chi connectivity index (χ2v) is 11.4. The van der Waals surface area contributed by atoms with E-state index in [1.54, 1.807) is 24.3 Å². The number of nitrogens with zero attached hydrogens (tertiary/aromatic N) is 1. The summed E-state index contributed by atoms with van der Waals surface area (Å²) in [6, 6.07) is 32.9. The maximum absolute atomic E-state index is 11.1. The van der Waals surface area contributed by atoms with Gasteiger partial charge in [-0.2, -0.15) is 0 Å². The second-order valence-electron chi connectivity index (χ2n) is 10.5. The molecule has 0 amide bonds. The molecule has 0 saturated carbocycles. The number of hydrogen-bond acceptors (Lipinski definition) is 5. The highest BCUT2D eigenvalue weighted by Crippen LogP contribution is 2.25. The molecule has 0 aliphatic carbocycles. The third kappa shape index (κ3) is 10.4. The monoisotopic (exact) mass is 607 g/mol. The van der Waals surface area contributed by atoms with E-state index in [4.69, 9.17) is 32.7 Å². The van der Waals surface area contributed by atoms with Crippen molar-refractivity contribution in [3.63, 3.8) is 0 Å². The highest BCUT2D eigenvalue weighted by molar-refractivity contribution is 6.30. The second kappa shape index (κ2) is 16.7. The summed E-state index contributed by atoms with van der Waals surface area (Å²) in [4.78, 5) is 2.11. The van der Waals surface area contributed by atoms with Crippen molar-refractivity contribution in [1.29, 1.82) is 0 Å². The van der Waals surface area contributed by atoms with Gasteiger partial charge in [-0.1, -0.05) is 89.9 Å². The molecule has 0 aliphatic heterocycles. The Morgan fingerprint density at radius 2 is 1.26 bits per heavy atom. The van der Waals surface area contributed by atoms with Crippen molar-refractivity contribution in [1.82, 2.24) is 4.90 Å². The molecule has 0 saturated heterocycles. The highest BCUT2D eigenvalue weighted by Gasteiger charge is 2.23. The lowest BCUT2D eigenvalue weighted by Gasteiger charge is -2.33. The average molecular weight is 609 g/mol. The van der Waals surface area contributed by atoms with E-state index in [2.05, 4.69) is 36.1 Å². The van der Waals surface area contributed by atoms with E-state index in [1.807, 2.05) is 54.6 Å². The number of aliphatic hydroxyl groups excluding tert-OH is 2. The number of benzene rings is 4. The first-order valence-electron chi connectivity index (χ1n) is 14.3. The summed E-state index contributed by atoms with van der Waals surface area (Å²) in [6.45, 7) is 4.46. The molecule has 222 valence electrons. The maximum atomic E-state index is 11.1. The lowest BCUT2D eigenvalue weighted by atomic mass is 10.0. The summed E-state index contributed by atoms with van der Waals surface area (Å²) < 4.78 is 11.6. The van der Waals surface area contributed by atoms with E-state index >= 15 is 0 Å². The Labute approximate surface area is 259 Å². The van der Waals surface area contributed by atoms with Gasteiger partial charge in [0, 0.05) is 29.2 Å². The molecule has 0 bridgehead atoms. The van der Waals surface area contributed by atoms with E-state index < -0.39 is 12.2 Å². The molecular formula is C35H39Cl2NO4. The van der Waals surface area contributed by atoms with Gasteiger partial charge in [-0.05, 0) is 78.4 Å². The molecule has 0 aliphatic rings. The molecule has 2 N–H and O–H groups in total. The Kier molecular flexibility index (Phi) is 12.7. The third-order valence-electron chi connectivity index (χ3n) is 7.23. The smallest absolute Gasteiger partial charge is 0.119 e. The van der Waals surface area contributed by atoms with Gasteiger partial charge in [0.05, 0.1) is 25.4 Å². The van der Waals surface area contributed by atoms with Crippen LogP contribution in [0, 0.1) is 0 Å². The zero-order valence-corrected chi connectivity index (χ0v) is 25.4. The predicted octanol–water partition coefficient (Wildman–Crippen LogP) is 7.33. The Hall–Kier alpha value is -2.90. The molecule has 42 heavy (non-hydrogen) atoms. The van der Waals surface area contributed by atoms with Gasteiger partial charge in [-0.25, -0.2) is 0 Å². The fourth-order valence-corrected chi connectivity index (χ4v) is 5.26. The van der Waals surface area contributed by atoms with Gasteiger partial charge >= 0.3 is 0 Å². The van der Waals surface area contributed by atoms with Crippen molar-refractivity contribution in [2.24, 2.45) is 0 Å². The summed E-state index contributed by atoms with van der Waals surface area (Å²) >= 11 is 12.3. The number of aliphatic hydroxyl groups is 2. The molecule has 4 aromatic rings. The molecule has 0 heterocycles. The molecule has 4 rings (SSSR count). The van der Waals surface area contributed by atoms with Crippen LogP contribution in [0.15, 0.2) is 103 Å². The van der Waals surface area contributed by atoms with E-state index in [1.165, 1.54) is 5.56 Å². The van der Waals surface area contributed by atoms with Crippen LogP contribution in [-0.4, -0.2) is 54.1 Å². The fourth-order valence-electron chi connectivity index (χ4n) is 4.86. The van der Waals surface area contributed by atoms with Crippen molar-refractivity contribution in [2.45, 2.75) is 38.0 Å². The lowest BCUT2D eigenvalue weighted by molar-refractivity contribution is 0.0480. The van der Waals surface area contributed by atoms with E-state index in [0.717, 1.165) is 35.3 Å². The Morgan fingerprint density at radius 3 is 1.83 bits per heavy atom. The topological polar surface area (TPSA) is 62.2 Å². The van der Waals surface area contributed by atoms with Crippen LogP contribution in [-0.2, 0) is 17.6 Å². The Bertz CT molecular complexity index is 1300. The van der Waals surface area contributed by atoms with Crippen LogP contribution in [0.3, 0.4) is 0 Å². The largest absolute Gasteiger partial charge is 0.491 e. The quantitative estimate of drug-likeness (QED) is 0.131. The average Bonchev–Trinajstić information content (AvgIpc) is 2.99. The summed E-state index contributed by atoms with van der Waals surface area (Å²) in [5.74, 6) is 0.794. The number of hydrogen-bond donors (Lipinski definition) is 2. The van der Waals surface area contributed by atoms with Gasteiger partial charge in [-0.3, -0.25) is 4.90 Å². The molecule has 5 nitrogen and oxygen atoms in total. The molecule has 0 unspecified atom stereocenters. The van der Waals surface area contributed by atoms with Crippen LogP contribution in [0.4, 0.5) is 0 Å². The van der Waals surface area contributed by atoms with E-state index in [9.17, 15) is 10.2 Å². The summed E-state index contributed by atoms with van der Waals surface area (Å²) in [7, 11) is 0. The van der Waals surface area contributed by atoms with Gasteiger partial charge in [-0.15, -0.1) is 0 Å². The van der Waals surface area contributed by atoms with Gasteiger partial charge in [0.2, 0.25) is 0 Å². The minimum absolute atomic E-state index is 0.0254. The van der Waals surface area contributed by atoms with Crippen LogP contribution in [0.25, 0.3) is 0 Å². The van der Waals surface area contributed by atoms with Crippen molar-refractivity contribution in [3.05, 3.63) is 135 Å². The van der Waals surface area contributed by atoms with Crippen LogP contribution >= 0.6 is 23.2 Å². The molecule has 0 fully saturated rings. The highest BCUT2D eigenvalue weighted by atomic mass is 35.5. The number of rotatable bonds is 16. The van der Waals surface area contributed by atoms with Crippen molar-refractivity contribution < 1.29 is 19.7 Å². The summed E-state index contributed by atoms with van der Waals surface area (Å²) in [5, 5.41) is 23.3. The fraction of sp³-hybridized carbons (Fsp3) is 0.314. The molecule has 0 spiro atoms. The van der Waals surface area contributed by atoms with E-state index in [-0.39, 0.29) is 6.04 Å². The predicted molar refractivity (Wildman–Crippen MR) is 170 cm³/mol.